The van der Waals surface area contributed by atoms with Crippen LogP contribution in [0.15, 0.2) is 48.5 Å². The number of amides is 5. The number of fused-ring (bicyclic) bond motifs is 17. The molecular formula is C39H55N5O8. The normalized spacial score (nSPS) is 22.6. The Bertz CT molecular complexity index is 1540. The van der Waals surface area contributed by atoms with Crippen LogP contribution in [0.25, 0.3) is 0 Å². The molecule has 2 aliphatic heterocycles. The van der Waals surface area contributed by atoms with Gasteiger partial charge < -0.3 is 40.4 Å². The van der Waals surface area contributed by atoms with Crippen LogP contribution in [0.1, 0.15) is 65.0 Å². The van der Waals surface area contributed by atoms with E-state index in [-0.39, 0.29) is 43.9 Å². The van der Waals surface area contributed by atoms with Crippen molar-refractivity contribution < 1.29 is 38.2 Å². The lowest BCUT2D eigenvalue weighted by molar-refractivity contribution is -0.143. The summed E-state index contributed by atoms with van der Waals surface area (Å²) in [6.07, 6.45) is 2.78. The van der Waals surface area contributed by atoms with Gasteiger partial charge in [0.25, 0.3) is 5.91 Å². The minimum absolute atomic E-state index is 0.0875. The molecule has 0 saturated heterocycles. The van der Waals surface area contributed by atoms with E-state index in [1.54, 1.807) is 64.3 Å². The monoisotopic (exact) mass is 721 g/mol. The molecule has 3 aliphatic rings. The van der Waals surface area contributed by atoms with E-state index in [0.717, 1.165) is 24.0 Å². The largest absolute Gasteiger partial charge is 0.497 e. The number of nitrogens with zero attached hydrogens (tertiary/aromatic N) is 1. The molecule has 284 valence electrons. The standard InChI is InChI=1S/C39H55N5O8/c1-24(2)18-29-23-52-31-16-12-27(13-17-31)20-33(43-38(49)39(4,5)51-7)36(47)42-32(19-26-10-14-30(50-6)15-11-26)35(46)40-25(3)37(48)44(21-28-8-9-28)22-34(45)41-29/h10-17,24-25,28-29,32-33H,8-9,18-23H2,1-7H3,(H,40,46)(H,41,45)(H,42,47)(H,43,49)/t25-,29+,32+,33+/m1/s1. The van der Waals surface area contributed by atoms with Crippen molar-refractivity contribution in [2.24, 2.45) is 11.8 Å². The summed E-state index contributed by atoms with van der Waals surface area (Å²) in [5.74, 6) is -0.626. The second kappa shape index (κ2) is 18.2. The zero-order valence-electron chi connectivity index (χ0n) is 31.5. The summed E-state index contributed by atoms with van der Waals surface area (Å²) in [4.78, 5) is 70.1. The number of hydrogen-bond donors (Lipinski definition) is 4. The minimum Gasteiger partial charge on any atom is -0.497 e. The lowest BCUT2D eigenvalue weighted by Crippen LogP contribution is -2.59. The summed E-state index contributed by atoms with van der Waals surface area (Å²) >= 11 is 0. The summed E-state index contributed by atoms with van der Waals surface area (Å²) in [6, 6.07) is 10.7. The topological polar surface area (TPSA) is 164 Å². The fourth-order valence-corrected chi connectivity index (χ4v) is 5.95. The maximum Gasteiger partial charge on any atom is 0.252 e. The van der Waals surface area contributed by atoms with Crippen LogP contribution < -0.4 is 30.7 Å². The van der Waals surface area contributed by atoms with Gasteiger partial charge in [0.05, 0.1) is 19.7 Å². The number of benzene rings is 2. The zero-order chi connectivity index (χ0) is 38.0. The van der Waals surface area contributed by atoms with Crippen LogP contribution in [-0.2, 0) is 41.6 Å². The Kier molecular flexibility index (Phi) is 14.1. The first-order chi connectivity index (χ1) is 24.7. The smallest absolute Gasteiger partial charge is 0.252 e. The SMILES string of the molecule is COc1ccc(C[C@@H]2NC(=O)[C@@H](NC(=O)C(C)(C)OC)Cc3ccc(cc3)OC[C@H](CC(C)C)NC(=O)CN(CC3CC3)C(=O)[C@@H](C)NC2=O)cc1. The van der Waals surface area contributed by atoms with Gasteiger partial charge in [0.1, 0.15) is 41.8 Å². The van der Waals surface area contributed by atoms with Crippen LogP contribution in [-0.4, -0.2) is 98.1 Å². The third-order valence-corrected chi connectivity index (χ3v) is 9.40. The zero-order valence-corrected chi connectivity index (χ0v) is 31.5. The Morgan fingerprint density at radius 1 is 0.962 bits per heavy atom. The Labute approximate surface area is 306 Å². The highest BCUT2D eigenvalue weighted by molar-refractivity contribution is 5.96. The van der Waals surface area contributed by atoms with E-state index < -0.39 is 47.4 Å². The summed E-state index contributed by atoms with van der Waals surface area (Å²) in [5, 5.41) is 11.5. The number of carbonyl (C=O) groups is 5. The van der Waals surface area contributed by atoms with Crippen LogP contribution in [0.2, 0.25) is 0 Å². The van der Waals surface area contributed by atoms with Gasteiger partial charge in [-0.25, -0.2) is 0 Å². The van der Waals surface area contributed by atoms with Gasteiger partial charge in [-0.05, 0) is 87.3 Å². The molecule has 2 bridgehead atoms. The second-order valence-corrected chi connectivity index (χ2v) is 14.8. The molecule has 0 aromatic heterocycles. The summed E-state index contributed by atoms with van der Waals surface area (Å²) in [5.41, 5.74) is 0.232. The molecular weight excluding hydrogens is 666 g/mol. The molecule has 1 fully saturated rings. The van der Waals surface area contributed by atoms with E-state index in [1.807, 2.05) is 12.1 Å². The molecule has 52 heavy (non-hydrogen) atoms. The molecule has 2 heterocycles. The highest BCUT2D eigenvalue weighted by Crippen LogP contribution is 2.30. The van der Waals surface area contributed by atoms with E-state index in [2.05, 4.69) is 35.1 Å². The average Bonchev–Trinajstić information content (AvgIpc) is 3.93. The van der Waals surface area contributed by atoms with Crippen LogP contribution >= 0.6 is 0 Å². The van der Waals surface area contributed by atoms with Gasteiger partial charge in [-0.1, -0.05) is 38.1 Å². The number of nitrogens with one attached hydrogen (secondary N) is 4. The van der Waals surface area contributed by atoms with Crippen molar-refractivity contribution >= 4 is 29.5 Å². The number of hydrogen-bond acceptors (Lipinski definition) is 8. The molecule has 2 aromatic carbocycles. The van der Waals surface area contributed by atoms with E-state index in [9.17, 15) is 24.0 Å². The van der Waals surface area contributed by atoms with Crippen LogP contribution in [0.3, 0.4) is 0 Å². The third kappa shape index (κ3) is 12.0. The lowest BCUT2D eigenvalue weighted by atomic mass is 10.0. The van der Waals surface area contributed by atoms with E-state index in [4.69, 9.17) is 14.2 Å². The Morgan fingerprint density at radius 2 is 1.63 bits per heavy atom. The molecule has 4 atom stereocenters. The van der Waals surface area contributed by atoms with Gasteiger partial charge in [-0.15, -0.1) is 0 Å². The highest BCUT2D eigenvalue weighted by Gasteiger charge is 2.35. The minimum atomic E-state index is -1.23. The van der Waals surface area contributed by atoms with Crippen molar-refractivity contribution in [3.05, 3.63) is 59.7 Å². The van der Waals surface area contributed by atoms with Crippen molar-refractivity contribution in [3.8, 4) is 11.5 Å². The van der Waals surface area contributed by atoms with Crippen molar-refractivity contribution in [2.75, 3.05) is 33.9 Å². The number of carbonyl (C=O) groups excluding carboxylic acids is 5. The van der Waals surface area contributed by atoms with Crippen molar-refractivity contribution in [1.29, 1.82) is 0 Å². The van der Waals surface area contributed by atoms with E-state index in [0.29, 0.717) is 30.4 Å². The second-order valence-electron chi connectivity index (χ2n) is 14.8. The van der Waals surface area contributed by atoms with Crippen LogP contribution in [0.4, 0.5) is 0 Å². The molecule has 4 N–H and O–H groups in total. The van der Waals surface area contributed by atoms with Gasteiger partial charge in [0.2, 0.25) is 23.6 Å². The molecule has 0 unspecified atom stereocenters. The number of ether oxygens (including phenoxy) is 3. The van der Waals surface area contributed by atoms with Crippen molar-refractivity contribution in [1.82, 2.24) is 26.2 Å². The molecule has 0 radical (unpaired) electrons. The Morgan fingerprint density at radius 3 is 2.23 bits per heavy atom. The van der Waals surface area contributed by atoms with Gasteiger partial charge in [0.15, 0.2) is 0 Å². The van der Waals surface area contributed by atoms with Crippen molar-refractivity contribution in [3.63, 3.8) is 0 Å². The van der Waals surface area contributed by atoms with Gasteiger partial charge in [-0.3, -0.25) is 24.0 Å². The first-order valence-corrected chi connectivity index (χ1v) is 18.1. The number of methoxy groups -OCH3 is 2. The van der Waals surface area contributed by atoms with Crippen LogP contribution in [0, 0.1) is 11.8 Å². The van der Waals surface area contributed by atoms with Gasteiger partial charge in [-0.2, -0.15) is 0 Å². The molecule has 13 heteroatoms. The lowest BCUT2D eigenvalue weighted by Gasteiger charge is -2.29. The summed E-state index contributed by atoms with van der Waals surface area (Å²) in [6.45, 7) is 9.34. The molecule has 5 amide bonds. The van der Waals surface area contributed by atoms with Gasteiger partial charge in [0, 0.05) is 26.5 Å². The fraction of sp³-hybridized carbons (Fsp3) is 0.564. The molecule has 0 spiro atoms. The van der Waals surface area contributed by atoms with E-state index >= 15 is 0 Å². The molecule has 13 nitrogen and oxygen atoms in total. The number of rotatable bonds is 10. The average molecular weight is 722 g/mol. The Hall–Kier alpha value is -4.65. The maximum atomic E-state index is 14.1. The third-order valence-electron chi connectivity index (χ3n) is 9.40. The first kappa shape index (κ1) is 40.1. The van der Waals surface area contributed by atoms with Crippen LogP contribution in [0.5, 0.6) is 11.5 Å². The molecule has 2 aromatic rings. The fourth-order valence-electron chi connectivity index (χ4n) is 5.95. The van der Waals surface area contributed by atoms with Gasteiger partial charge >= 0.3 is 0 Å². The predicted molar refractivity (Wildman–Crippen MR) is 196 cm³/mol. The van der Waals surface area contributed by atoms with E-state index in [1.165, 1.54) is 12.0 Å². The maximum absolute atomic E-state index is 14.1. The first-order valence-electron chi connectivity index (χ1n) is 18.1. The molecule has 1 aliphatic carbocycles. The highest BCUT2D eigenvalue weighted by atomic mass is 16.5. The van der Waals surface area contributed by atoms with Crippen molar-refractivity contribution in [2.45, 2.75) is 96.5 Å². The summed E-state index contributed by atoms with van der Waals surface area (Å²) in [7, 11) is 2.96. The molecule has 1 saturated carbocycles. The quantitative estimate of drug-likeness (QED) is 0.272. The molecule has 5 rings (SSSR count). The predicted octanol–water partition coefficient (Wildman–Crippen LogP) is 2.54. The summed E-state index contributed by atoms with van der Waals surface area (Å²) < 4.78 is 16.7. The Balaban J connectivity index is 1.70.